The van der Waals surface area contributed by atoms with Crippen molar-refractivity contribution in [3.63, 3.8) is 0 Å². The van der Waals surface area contributed by atoms with Gasteiger partial charge in [-0.2, -0.15) is 0 Å². The van der Waals surface area contributed by atoms with E-state index in [4.69, 9.17) is 9.47 Å². The Balaban J connectivity index is 1.32. The van der Waals surface area contributed by atoms with E-state index in [0.29, 0.717) is 36.8 Å². The van der Waals surface area contributed by atoms with Crippen molar-refractivity contribution < 1.29 is 24.1 Å². The van der Waals surface area contributed by atoms with Gasteiger partial charge in [0.15, 0.2) is 0 Å². The lowest BCUT2D eigenvalue weighted by molar-refractivity contribution is -0.385. The van der Waals surface area contributed by atoms with Gasteiger partial charge in [0, 0.05) is 46.2 Å². The molecule has 0 spiro atoms. The molecule has 0 heterocycles. The fraction of sp³-hybridized carbons (Fsp3) is 0.242. The smallest absolute Gasteiger partial charge is 0.394 e. The van der Waals surface area contributed by atoms with Gasteiger partial charge in [-0.1, -0.05) is 62.4 Å². The van der Waals surface area contributed by atoms with Crippen molar-refractivity contribution in [3.05, 3.63) is 139 Å². The highest BCUT2D eigenvalue weighted by molar-refractivity contribution is 5.70. The molecular formula is C33H28N2O7. The summed E-state index contributed by atoms with van der Waals surface area (Å²) in [5.74, 6) is 0.340. The number of carbonyl (C=O) groups excluding carboxylic acids is 1. The second-order valence-electron chi connectivity index (χ2n) is 11.7. The van der Waals surface area contributed by atoms with Gasteiger partial charge in [0.2, 0.25) is 0 Å². The number of nitro benzene ring substituents is 2. The van der Waals surface area contributed by atoms with E-state index in [1.165, 1.54) is 36.4 Å². The van der Waals surface area contributed by atoms with Crippen molar-refractivity contribution >= 4 is 17.5 Å². The van der Waals surface area contributed by atoms with E-state index in [2.05, 4.69) is 0 Å². The number of rotatable bonds is 6. The highest BCUT2D eigenvalue weighted by atomic mass is 16.7. The van der Waals surface area contributed by atoms with Crippen molar-refractivity contribution in [1.29, 1.82) is 0 Å². The molecule has 0 N–H and O–H groups in total. The molecule has 2 aliphatic rings. The summed E-state index contributed by atoms with van der Waals surface area (Å²) in [6, 6.07) is 24.3. The van der Waals surface area contributed by atoms with Crippen LogP contribution in [0.5, 0.6) is 11.5 Å². The molecule has 0 saturated heterocycles. The number of nitrogens with zero attached hydrogens (tertiary/aromatic N) is 2. The summed E-state index contributed by atoms with van der Waals surface area (Å²) < 4.78 is 11.5. The summed E-state index contributed by atoms with van der Waals surface area (Å²) in [6.45, 7) is 3.99. The third kappa shape index (κ3) is 4.87. The first-order valence-electron chi connectivity index (χ1n) is 13.7. The van der Waals surface area contributed by atoms with Gasteiger partial charge in [-0.15, -0.1) is 0 Å². The Morgan fingerprint density at radius 1 is 0.619 bits per heavy atom. The summed E-state index contributed by atoms with van der Waals surface area (Å²) in [5, 5.41) is 23.3. The van der Waals surface area contributed by atoms with Crippen molar-refractivity contribution in [1.82, 2.24) is 0 Å². The molecule has 9 nitrogen and oxygen atoms in total. The number of nitro groups is 2. The molecule has 0 atom stereocenters. The lowest BCUT2D eigenvalue weighted by atomic mass is 9.79. The number of ether oxygens (including phenoxy) is 2. The molecular weight excluding hydrogens is 536 g/mol. The van der Waals surface area contributed by atoms with Gasteiger partial charge in [0.25, 0.3) is 11.4 Å². The van der Waals surface area contributed by atoms with Crippen molar-refractivity contribution in [2.75, 3.05) is 0 Å². The predicted molar refractivity (Wildman–Crippen MR) is 155 cm³/mol. The normalized spacial score (nSPS) is 15.9. The molecule has 42 heavy (non-hydrogen) atoms. The first-order chi connectivity index (χ1) is 20.0. The first kappa shape index (κ1) is 27.1. The summed E-state index contributed by atoms with van der Waals surface area (Å²) >= 11 is 0. The highest BCUT2D eigenvalue weighted by Gasteiger charge is 2.40. The van der Waals surface area contributed by atoms with Crippen LogP contribution in [0.1, 0.15) is 47.2 Å². The Morgan fingerprint density at radius 2 is 0.952 bits per heavy atom. The maximum atomic E-state index is 13.3. The lowest BCUT2D eigenvalue weighted by Crippen LogP contribution is -2.26. The molecule has 0 amide bonds. The zero-order chi connectivity index (χ0) is 29.6. The molecule has 212 valence electrons. The zero-order valence-corrected chi connectivity index (χ0v) is 23.2. The number of benzene rings is 4. The molecule has 9 heteroatoms. The van der Waals surface area contributed by atoms with Gasteiger partial charge < -0.3 is 9.47 Å². The third-order valence-electron chi connectivity index (χ3n) is 8.59. The van der Waals surface area contributed by atoms with Crippen LogP contribution in [0.2, 0.25) is 0 Å². The molecule has 0 unspecified atom stereocenters. The van der Waals surface area contributed by atoms with E-state index in [9.17, 15) is 25.0 Å². The van der Waals surface area contributed by atoms with Crippen LogP contribution in [-0.2, 0) is 36.5 Å². The predicted octanol–water partition coefficient (Wildman–Crippen LogP) is 7.19. The average molecular weight is 565 g/mol. The molecule has 2 aliphatic carbocycles. The monoisotopic (exact) mass is 564 g/mol. The SMILES string of the molecule is CC1(c2cc([N+](=O)[O-])ccc2OC(=O)Oc2ccc([N+](=O)[O-])cc2C2(C)Cc3ccccc3C2)Cc2ccccc2C1. The van der Waals surface area contributed by atoms with Gasteiger partial charge >= 0.3 is 6.16 Å². The molecule has 0 bridgehead atoms. The standard InChI is InChI=1S/C33H28N2O7/c1-32(17-21-7-3-4-8-22(21)18-32)27-15-25(34(37)38)11-13-29(27)41-31(36)42-30-14-12-26(35(39)40)16-28(30)33(2)19-23-9-5-6-10-24(23)20-33/h3-16H,17-20H2,1-2H3. The molecule has 0 saturated carbocycles. The topological polar surface area (TPSA) is 122 Å². The molecule has 0 radical (unpaired) electrons. The van der Waals surface area contributed by atoms with Gasteiger partial charge in [-0.25, -0.2) is 4.79 Å². The van der Waals surface area contributed by atoms with Crippen LogP contribution in [-0.4, -0.2) is 16.0 Å². The van der Waals surface area contributed by atoms with E-state index in [0.717, 1.165) is 22.3 Å². The Labute approximate surface area is 242 Å². The fourth-order valence-electron chi connectivity index (χ4n) is 6.58. The average Bonchev–Trinajstić information content (AvgIpc) is 3.49. The number of carbonyl (C=O) groups is 1. The maximum Gasteiger partial charge on any atom is 0.519 e. The number of non-ortho nitro benzene ring substituents is 2. The van der Waals surface area contributed by atoms with Gasteiger partial charge in [0.05, 0.1) is 9.85 Å². The van der Waals surface area contributed by atoms with Crippen molar-refractivity contribution in [2.45, 2.75) is 50.4 Å². The van der Waals surface area contributed by atoms with Crippen LogP contribution < -0.4 is 9.47 Å². The van der Waals surface area contributed by atoms with E-state index < -0.39 is 26.8 Å². The summed E-state index contributed by atoms with van der Waals surface area (Å²) in [6.07, 6.45) is 1.48. The minimum absolute atomic E-state index is 0.103. The van der Waals surface area contributed by atoms with E-state index in [1.807, 2.05) is 62.4 Å². The molecule has 0 aromatic heterocycles. The minimum Gasteiger partial charge on any atom is -0.394 e. The highest BCUT2D eigenvalue weighted by Crippen LogP contribution is 2.46. The fourth-order valence-corrected chi connectivity index (χ4v) is 6.58. The summed E-state index contributed by atoms with van der Waals surface area (Å²) in [7, 11) is 0. The van der Waals surface area contributed by atoms with Crippen LogP contribution in [0, 0.1) is 20.2 Å². The second kappa shape index (κ2) is 10.1. The molecule has 6 rings (SSSR count). The first-order valence-corrected chi connectivity index (χ1v) is 13.7. The number of fused-ring (bicyclic) bond motifs is 2. The molecule has 0 aliphatic heterocycles. The largest absolute Gasteiger partial charge is 0.519 e. The van der Waals surface area contributed by atoms with Crippen LogP contribution >= 0.6 is 0 Å². The lowest BCUT2D eigenvalue weighted by Gasteiger charge is -2.27. The van der Waals surface area contributed by atoms with Gasteiger partial charge in [-0.05, 0) is 60.1 Å². The minimum atomic E-state index is -1.03. The van der Waals surface area contributed by atoms with E-state index >= 15 is 0 Å². The van der Waals surface area contributed by atoms with E-state index in [1.54, 1.807) is 0 Å². The van der Waals surface area contributed by atoms with E-state index in [-0.39, 0.29) is 22.9 Å². The van der Waals surface area contributed by atoms with Crippen molar-refractivity contribution in [3.8, 4) is 11.5 Å². The third-order valence-corrected chi connectivity index (χ3v) is 8.59. The van der Waals surface area contributed by atoms with Crippen LogP contribution in [0.4, 0.5) is 16.2 Å². The zero-order valence-electron chi connectivity index (χ0n) is 23.2. The molecule has 4 aromatic rings. The van der Waals surface area contributed by atoms with Crippen LogP contribution in [0.15, 0.2) is 84.9 Å². The van der Waals surface area contributed by atoms with Gasteiger partial charge in [0.1, 0.15) is 11.5 Å². The Kier molecular flexibility index (Phi) is 6.52. The Hall–Kier alpha value is -5.05. The quantitative estimate of drug-likeness (QED) is 0.105. The van der Waals surface area contributed by atoms with Crippen molar-refractivity contribution in [2.24, 2.45) is 0 Å². The molecule has 0 fully saturated rings. The van der Waals surface area contributed by atoms with Gasteiger partial charge in [-0.3, -0.25) is 20.2 Å². The number of hydrogen-bond acceptors (Lipinski definition) is 7. The Bertz CT molecular complexity index is 1590. The number of hydrogen-bond donors (Lipinski definition) is 0. The molecule has 4 aromatic carbocycles. The Morgan fingerprint density at radius 3 is 1.26 bits per heavy atom. The maximum absolute atomic E-state index is 13.3. The summed E-state index contributed by atoms with van der Waals surface area (Å²) in [4.78, 5) is 35.6. The van der Waals surface area contributed by atoms with Crippen LogP contribution in [0.3, 0.4) is 0 Å². The summed E-state index contributed by atoms with van der Waals surface area (Å²) in [5.41, 5.74) is 4.33. The second-order valence-corrected chi connectivity index (χ2v) is 11.7. The van der Waals surface area contributed by atoms with Crippen LogP contribution in [0.25, 0.3) is 0 Å².